The van der Waals surface area contributed by atoms with Gasteiger partial charge in [-0.2, -0.15) is 0 Å². The van der Waals surface area contributed by atoms with E-state index in [4.69, 9.17) is 14.2 Å². The highest BCUT2D eigenvalue weighted by Gasteiger charge is 2.19. The van der Waals surface area contributed by atoms with Gasteiger partial charge in [-0.3, -0.25) is 14.4 Å². The molecule has 0 saturated heterocycles. The third kappa shape index (κ3) is 55.6. The van der Waals surface area contributed by atoms with Crippen LogP contribution in [0.3, 0.4) is 0 Å². The molecule has 69 heavy (non-hydrogen) atoms. The molecule has 0 radical (unpaired) electrons. The lowest BCUT2D eigenvalue weighted by atomic mass is 10.0. The van der Waals surface area contributed by atoms with E-state index in [9.17, 15) is 14.4 Å². The molecule has 6 heteroatoms. The standard InChI is InChI=1S/C63H110O6/c1-4-7-10-13-16-19-22-25-28-30-31-33-36-38-41-44-47-50-53-56-62(65)68-59-60(69-63(66)57-54-51-48-45-42-39-34-27-24-21-18-15-12-9-6-3)58-67-61(64)55-52-49-46-43-40-37-35-32-29-26-23-20-17-14-11-8-5-2/h7,10,16,19,25,28,31,33,38,41,47,50,60H,4-6,8-9,11-15,17-18,20-24,26-27,29-30,32,34-37,39-40,42-46,48-49,51-59H2,1-3H3/b10-7-,19-16-,28-25-,33-31-,41-38-,50-47-/t60-/m0/s1. The van der Waals surface area contributed by atoms with Crippen LogP contribution in [0.1, 0.15) is 290 Å². The fourth-order valence-corrected chi connectivity index (χ4v) is 8.35. The quantitative estimate of drug-likeness (QED) is 0.0262. The minimum absolute atomic E-state index is 0.0944. The molecule has 0 aliphatic carbocycles. The van der Waals surface area contributed by atoms with Gasteiger partial charge in [-0.25, -0.2) is 0 Å². The van der Waals surface area contributed by atoms with E-state index in [2.05, 4.69) is 87.6 Å². The number of esters is 3. The van der Waals surface area contributed by atoms with Gasteiger partial charge in [0, 0.05) is 19.3 Å². The summed E-state index contributed by atoms with van der Waals surface area (Å²) in [7, 11) is 0. The average molecular weight is 964 g/mol. The van der Waals surface area contributed by atoms with Crippen LogP contribution in [0.15, 0.2) is 72.9 Å². The van der Waals surface area contributed by atoms with E-state index in [1.165, 1.54) is 167 Å². The fourth-order valence-electron chi connectivity index (χ4n) is 8.35. The Hall–Kier alpha value is -3.15. The number of carbonyl (C=O) groups is 3. The number of hydrogen-bond donors (Lipinski definition) is 0. The first-order valence-corrected chi connectivity index (χ1v) is 29.4. The normalized spacial score (nSPS) is 12.6. The molecular weight excluding hydrogens is 853 g/mol. The topological polar surface area (TPSA) is 78.9 Å². The minimum atomic E-state index is -0.803. The Bertz CT molecular complexity index is 1290. The van der Waals surface area contributed by atoms with Crippen LogP contribution in [0.2, 0.25) is 0 Å². The maximum Gasteiger partial charge on any atom is 0.306 e. The van der Waals surface area contributed by atoms with Crippen LogP contribution in [0.25, 0.3) is 0 Å². The van der Waals surface area contributed by atoms with Gasteiger partial charge in [0.15, 0.2) is 6.10 Å². The number of ether oxygens (including phenoxy) is 3. The zero-order valence-electron chi connectivity index (χ0n) is 45.6. The zero-order chi connectivity index (χ0) is 50.0. The van der Waals surface area contributed by atoms with Crippen molar-refractivity contribution in [3.8, 4) is 0 Å². The van der Waals surface area contributed by atoms with E-state index >= 15 is 0 Å². The second-order valence-electron chi connectivity index (χ2n) is 19.5. The van der Waals surface area contributed by atoms with Gasteiger partial charge >= 0.3 is 17.9 Å². The largest absolute Gasteiger partial charge is 0.462 e. The first-order valence-electron chi connectivity index (χ1n) is 29.4. The zero-order valence-corrected chi connectivity index (χ0v) is 45.6. The molecule has 0 N–H and O–H groups in total. The minimum Gasteiger partial charge on any atom is -0.462 e. The maximum atomic E-state index is 12.9. The predicted molar refractivity (Wildman–Crippen MR) is 298 cm³/mol. The Morgan fingerprint density at radius 1 is 0.304 bits per heavy atom. The van der Waals surface area contributed by atoms with Crippen molar-refractivity contribution in [1.29, 1.82) is 0 Å². The van der Waals surface area contributed by atoms with Crippen molar-refractivity contribution in [1.82, 2.24) is 0 Å². The number of rotatable bonds is 53. The molecule has 0 saturated carbocycles. The second kappa shape index (κ2) is 57.4. The molecule has 0 fully saturated rings. The SMILES string of the molecule is CC/C=C\C/C=C\C/C=C\C/C=C\C/C=C\C/C=C\CCC(=O)OC[C@H](COC(=O)CCCCCCCCCCCCCCCCCCC)OC(=O)CCCCCCCCCCCCCCCCC. The van der Waals surface area contributed by atoms with Gasteiger partial charge in [-0.15, -0.1) is 0 Å². The van der Waals surface area contributed by atoms with Crippen molar-refractivity contribution in [2.75, 3.05) is 13.2 Å². The van der Waals surface area contributed by atoms with Gasteiger partial charge in [0.2, 0.25) is 0 Å². The molecule has 0 rings (SSSR count). The molecule has 1 atom stereocenters. The van der Waals surface area contributed by atoms with Crippen LogP contribution in [0, 0.1) is 0 Å². The highest BCUT2D eigenvalue weighted by molar-refractivity contribution is 5.71. The van der Waals surface area contributed by atoms with Crippen molar-refractivity contribution < 1.29 is 28.6 Å². The van der Waals surface area contributed by atoms with Crippen molar-refractivity contribution >= 4 is 17.9 Å². The first kappa shape index (κ1) is 65.8. The molecule has 0 aliphatic rings. The highest BCUT2D eigenvalue weighted by Crippen LogP contribution is 2.17. The molecule has 0 aromatic carbocycles. The van der Waals surface area contributed by atoms with Gasteiger partial charge in [0.25, 0.3) is 0 Å². The van der Waals surface area contributed by atoms with E-state index in [1.807, 2.05) is 6.08 Å². The third-order valence-electron chi connectivity index (χ3n) is 12.7. The van der Waals surface area contributed by atoms with Crippen molar-refractivity contribution in [3.05, 3.63) is 72.9 Å². The van der Waals surface area contributed by atoms with Crippen molar-refractivity contribution in [2.45, 2.75) is 297 Å². The van der Waals surface area contributed by atoms with E-state index in [0.717, 1.165) is 77.0 Å². The molecule has 0 aliphatic heterocycles. The lowest BCUT2D eigenvalue weighted by molar-refractivity contribution is -0.166. The van der Waals surface area contributed by atoms with Gasteiger partial charge in [-0.05, 0) is 57.8 Å². The fraction of sp³-hybridized carbons (Fsp3) is 0.762. The van der Waals surface area contributed by atoms with Crippen LogP contribution >= 0.6 is 0 Å². The van der Waals surface area contributed by atoms with Crippen LogP contribution in [0.4, 0.5) is 0 Å². The number of unbranched alkanes of at least 4 members (excludes halogenated alkanes) is 30. The summed E-state index contributed by atoms with van der Waals surface area (Å²) in [4.78, 5) is 38.2. The van der Waals surface area contributed by atoms with Gasteiger partial charge in [0.1, 0.15) is 13.2 Å². The number of allylic oxidation sites excluding steroid dienone is 12. The smallest absolute Gasteiger partial charge is 0.306 e. The predicted octanol–water partition coefficient (Wildman–Crippen LogP) is 19.8. The molecule has 0 aromatic heterocycles. The molecule has 398 valence electrons. The lowest BCUT2D eigenvalue weighted by Gasteiger charge is -2.18. The van der Waals surface area contributed by atoms with Crippen LogP contribution in [-0.2, 0) is 28.6 Å². The van der Waals surface area contributed by atoms with Crippen LogP contribution < -0.4 is 0 Å². The molecular formula is C63H110O6. The second-order valence-corrected chi connectivity index (χ2v) is 19.5. The van der Waals surface area contributed by atoms with Crippen LogP contribution in [0.5, 0.6) is 0 Å². The summed E-state index contributed by atoms with van der Waals surface area (Å²) in [5.74, 6) is -0.968. The average Bonchev–Trinajstić information content (AvgIpc) is 3.35. The summed E-state index contributed by atoms with van der Waals surface area (Å²) in [5.41, 5.74) is 0. The highest BCUT2D eigenvalue weighted by atomic mass is 16.6. The van der Waals surface area contributed by atoms with Gasteiger partial charge < -0.3 is 14.2 Å². The Kier molecular flexibility index (Phi) is 54.8. The monoisotopic (exact) mass is 963 g/mol. The Balaban J connectivity index is 4.45. The molecule has 0 heterocycles. The first-order chi connectivity index (χ1) is 34.0. The molecule has 0 unspecified atom stereocenters. The van der Waals surface area contributed by atoms with Crippen LogP contribution in [-0.4, -0.2) is 37.2 Å². The van der Waals surface area contributed by atoms with Crippen molar-refractivity contribution in [2.24, 2.45) is 0 Å². The summed E-state index contributed by atoms with van der Waals surface area (Å²) in [6, 6.07) is 0. The van der Waals surface area contributed by atoms with E-state index in [0.29, 0.717) is 19.3 Å². The molecule has 0 aromatic rings. The number of hydrogen-bond acceptors (Lipinski definition) is 6. The summed E-state index contributed by atoms with van der Waals surface area (Å²) in [6.07, 6.45) is 73.3. The number of carbonyl (C=O) groups excluding carboxylic acids is 3. The van der Waals surface area contributed by atoms with Gasteiger partial charge in [0.05, 0.1) is 0 Å². The summed E-state index contributed by atoms with van der Waals surface area (Å²) in [5, 5.41) is 0. The van der Waals surface area contributed by atoms with Gasteiger partial charge in [-0.1, -0.05) is 286 Å². The Morgan fingerprint density at radius 3 is 0.884 bits per heavy atom. The Morgan fingerprint density at radius 2 is 0.565 bits per heavy atom. The van der Waals surface area contributed by atoms with E-state index < -0.39 is 6.10 Å². The molecule has 0 bridgehead atoms. The lowest BCUT2D eigenvalue weighted by Crippen LogP contribution is -2.30. The summed E-state index contributed by atoms with van der Waals surface area (Å²) < 4.78 is 16.8. The Labute approximate surface area is 427 Å². The summed E-state index contributed by atoms with van der Waals surface area (Å²) >= 11 is 0. The molecule has 0 spiro atoms. The summed E-state index contributed by atoms with van der Waals surface area (Å²) in [6.45, 7) is 6.50. The van der Waals surface area contributed by atoms with E-state index in [-0.39, 0.29) is 37.5 Å². The van der Waals surface area contributed by atoms with Crippen molar-refractivity contribution in [3.63, 3.8) is 0 Å². The molecule has 6 nitrogen and oxygen atoms in total. The molecule has 0 amide bonds. The maximum absolute atomic E-state index is 12.9. The third-order valence-corrected chi connectivity index (χ3v) is 12.7. The van der Waals surface area contributed by atoms with E-state index in [1.54, 1.807) is 0 Å².